The fourth-order valence-corrected chi connectivity index (χ4v) is 6.45. The number of benzene rings is 2. The third-order valence-corrected chi connectivity index (χ3v) is 8.17. The van der Waals surface area contributed by atoms with E-state index in [1.807, 2.05) is 74.5 Å². The van der Waals surface area contributed by atoms with E-state index in [2.05, 4.69) is 4.99 Å². The summed E-state index contributed by atoms with van der Waals surface area (Å²) < 4.78 is 14.3. The van der Waals surface area contributed by atoms with Gasteiger partial charge < -0.3 is 14.5 Å². The second kappa shape index (κ2) is 10.1. The molecule has 0 N–H and O–H groups in total. The van der Waals surface area contributed by atoms with Crippen LogP contribution in [0.2, 0.25) is 0 Å². The first-order valence-corrected chi connectivity index (χ1v) is 9.89. The monoisotopic (exact) mass is 395 g/mol. The first-order valence-electron chi connectivity index (χ1n) is 8.18. The standard InChI is InChI=1S/C20H24NO3P.K/c1-16(21-15-19(22)23)14-20(2,3)25(24,17-10-6-4-7-11-17)18-12-8-5-9-13-18;/h4-13H,14-15H2,1-3H3,(H,22,23);/q;+1/p-1. The van der Waals surface area contributed by atoms with Gasteiger partial charge >= 0.3 is 51.4 Å². The summed E-state index contributed by atoms with van der Waals surface area (Å²) in [6, 6.07) is 18.9. The molecule has 2 rings (SSSR count). The zero-order valence-electron chi connectivity index (χ0n) is 15.8. The van der Waals surface area contributed by atoms with Gasteiger partial charge in [-0.15, -0.1) is 0 Å². The number of nitrogens with zero attached hydrogens (tertiary/aromatic N) is 1. The van der Waals surface area contributed by atoms with Gasteiger partial charge in [-0.1, -0.05) is 74.5 Å². The van der Waals surface area contributed by atoms with E-state index in [0.29, 0.717) is 12.1 Å². The van der Waals surface area contributed by atoms with Gasteiger partial charge in [0.05, 0.1) is 12.5 Å². The summed E-state index contributed by atoms with van der Waals surface area (Å²) in [6.07, 6.45) is 0.432. The van der Waals surface area contributed by atoms with E-state index >= 15 is 0 Å². The van der Waals surface area contributed by atoms with Crippen LogP contribution in [0.1, 0.15) is 27.2 Å². The molecule has 0 aliphatic carbocycles. The zero-order chi connectivity index (χ0) is 18.5. The Morgan fingerprint density at radius 2 is 1.42 bits per heavy atom. The molecule has 26 heavy (non-hydrogen) atoms. The second-order valence-electron chi connectivity index (χ2n) is 6.69. The number of carboxylic acids is 1. The molecule has 132 valence electrons. The molecule has 4 nitrogen and oxygen atoms in total. The van der Waals surface area contributed by atoms with Gasteiger partial charge in [0.25, 0.3) is 0 Å². The summed E-state index contributed by atoms with van der Waals surface area (Å²) in [5.41, 5.74) is 0.654. The molecular weight excluding hydrogens is 372 g/mol. The minimum Gasteiger partial charge on any atom is -0.548 e. The average Bonchev–Trinajstić information content (AvgIpc) is 2.60. The van der Waals surface area contributed by atoms with Gasteiger partial charge in [-0.3, -0.25) is 4.99 Å². The third kappa shape index (κ3) is 5.48. The SMILES string of the molecule is CC(CC(C)(C)P(=O)(c1ccccc1)c1ccccc1)=NCC(=O)[O-].[K+]. The minimum atomic E-state index is -2.97. The predicted octanol–water partition coefficient (Wildman–Crippen LogP) is -0.616. The molecule has 6 heteroatoms. The van der Waals surface area contributed by atoms with Crippen molar-refractivity contribution in [3.63, 3.8) is 0 Å². The molecule has 0 spiro atoms. The maximum atomic E-state index is 14.3. The summed E-state index contributed by atoms with van der Waals surface area (Å²) in [5, 5.41) is 11.6. The quantitative estimate of drug-likeness (QED) is 0.357. The Labute approximate surface area is 197 Å². The molecule has 0 aliphatic heterocycles. The number of carboxylic acid groups (broad SMARTS) is 1. The number of aliphatic carboxylic acids is 1. The average molecular weight is 395 g/mol. The van der Waals surface area contributed by atoms with Crippen molar-refractivity contribution in [2.24, 2.45) is 4.99 Å². The molecule has 0 aromatic heterocycles. The van der Waals surface area contributed by atoms with Crippen molar-refractivity contribution in [2.45, 2.75) is 32.3 Å². The Morgan fingerprint density at radius 1 is 1.00 bits per heavy atom. The molecule has 0 saturated heterocycles. The fraction of sp³-hybridized carbons (Fsp3) is 0.300. The van der Waals surface area contributed by atoms with Crippen molar-refractivity contribution in [2.75, 3.05) is 6.54 Å². The van der Waals surface area contributed by atoms with E-state index in [-0.39, 0.29) is 57.9 Å². The van der Waals surface area contributed by atoms with Crippen LogP contribution in [0.15, 0.2) is 65.7 Å². The topological polar surface area (TPSA) is 69.6 Å². The molecule has 0 aliphatic rings. The first-order chi connectivity index (χ1) is 11.8. The van der Waals surface area contributed by atoms with Crippen LogP contribution in [0.4, 0.5) is 0 Å². The van der Waals surface area contributed by atoms with Gasteiger partial charge in [0.2, 0.25) is 0 Å². The van der Waals surface area contributed by atoms with E-state index < -0.39 is 18.3 Å². The first kappa shape index (κ1) is 23.5. The molecule has 0 heterocycles. The van der Waals surface area contributed by atoms with Gasteiger partial charge in [-0.05, 0) is 13.3 Å². The van der Waals surface area contributed by atoms with E-state index in [9.17, 15) is 14.5 Å². The number of carbonyl (C=O) groups excluding carboxylic acids is 1. The largest absolute Gasteiger partial charge is 1.00 e. The van der Waals surface area contributed by atoms with Gasteiger partial charge in [-0.25, -0.2) is 0 Å². The van der Waals surface area contributed by atoms with Gasteiger partial charge in [0, 0.05) is 21.5 Å². The molecular formula is C20H23KNO3P. The van der Waals surface area contributed by atoms with Crippen molar-refractivity contribution in [1.29, 1.82) is 0 Å². The molecule has 0 amide bonds. The Balaban J connectivity index is 0.00000338. The Bertz CT molecular complexity index is 761. The number of carbonyl (C=O) groups is 1. The molecule has 2 aromatic rings. The summed E-state index contributed by atoms with van der Waals surface area (Å²) in [5.74, 6) is -1.22. The zero-order valence-corrected chi connectivity index (χ0v) is 19.8. The predicted molar refractivity (Wildman–Crippen MR) is 101 cm³/mol. The van der Waals surface area contributed by atoms with Gasteiger partial charge in [-0.2, -0.15) is 0 Å². The van der Waals surface area contributed by atoms with E-state index in [4.69, 9.17) is 0 Å². The second-order valence-corrected chi connectivity index (χ2v) is 10.2. The smallest absolute Gasteiger partial charge is 0.548 e. The van der Waals surface area contributed by atoms with Crippen molar-refractivity contribution >= 4 is 29.4 Å². The number of hydrogen-bond donors (Lipinski definition) is 0. The minimum absolute atomic E-state index is 0. The van der Waals surface area contributed by atoms with Crippen molar-refractivity contribution < 1.29 is 65.9 Å². The summed E-state index contributed by atoms with van der Waals surface area (Å²) >= 11 is 0. The molecule has 0 unspecified atom stereocenters. The van der Waals surface area contributed by atoms with Crippen LogP contribution in [0, 0.1) is 0 Å². The van der Waals surface area contributed by atoms with E-state index in [1.165, 1.54) is 0 Å². The van der Waals surface area contributed by atoms with Crippen LogP contribution in [0.5, 0.6) is 0 Å². The van der Waals surface area contributed by atoms with Gasteiger partial charge in [0.15, 0.2) is 0 Å². The van der Waals surface area contributed by atoms with Crippen LogP contribution < -0.4 is 67.1 Å². The van der Waals surface area contributed by atoms with Crippen molar-refractivity contribution in [3.05, 3.63) is 60.7 Å². The number of aliphatic imine (C=N–C) groups is 1. The summed E-state index contributed by atoms with van der Waals surface area (Å²) in [7, 11) is -2.97. The number of rotatable bonds is 7. The molecule has 0 fully saturated rings. The van der Waals surface area contributed by atoms with Crippen LogP contribution in [0.3, 0.4) is 0 Å². The summed E-state index contributed by atoms with van der Waals surface area (Å²) in [6.45, 7) is 5.30. The van der Waals surface area contributed by atoms with Crippen molar-refractivity contribution in [3.8, 4) is 0 Å². The Hall–Kier alpha value is -0.554. The Kier molecular flexibility index (Phi) is 9.14. The molecule has 0 saturated carbocycles. The van der Waals surface area contributed by atoms with Crippen LogP contribution in [0.25, 0.3) is 0 Å². The van der Waals surface area contributed by atoms with Crippen molar-refractivity contribution in [1.82, 2.24) is 0 Å². The normalized spacial score (nSPS) is 12.3. The van der Waals surface area contributed by atoms with Crippen LogP contribution in [-0.2, 0) is 9.36 Å². The number of hydrogen-bond acceptors (Lipinski definition) is 4. The molecule has 0 radical (unpaired) electrons. The van der Waals surface area contributed by atoms with Crippen LogP contribution >= 0.6 is 7.14 Å². The molecule has 0 atom stereocenters. The third-order valence-electron chi connectivity index (χ3n) is 4.26. The van der Waals surface area contributed by atoms with Gasteiger partial charge in [0.1, 0.15) is 7.14 Å². The molecule has 0 bridgehead atoms. The maximum Gasteiger partial charge on any atom is 1.00 e. The van der Waals surface area contributed by atoms with Crippen LogP contribution in [-0.4, -0.2) is 23.4 Å². The van der Waals surface area contributed by atoms with E-state index in [0.717, 1.165) is 10.6 Å². The summed E-state index contributed by atoms with van der Waals surface area (Å²) in [4.78, 5) is 14.7. The Morgan fingerprint density at radius 3 is 1.81 bits per heavy atom. The maximum absolute atomic E-state index is 14.3. The molecule has 2 aromatic carbocycles. The van der Waals surface area contributed by atoms with E-state index in [1.54, 1.807) is 6.92 Å². The fourth-order valence-electron chi connectivity index (χ4n) is 3.12.